The van der Waals surface area contributed by atoms with Crippen LogP contribution in [0, 0.1) is 9.49 Å². The number of nitrogens with zero attached hydrogens (tertiary/aromatic N) is 1. The maximum atomic E-state index is 12.3. The molecule has 1 aliphatic heterocycles. The molecule has 2 N–H and O–H groups in total. The van der Waals surface area contributed by atoms with Gasteiger partial charge in [0, 0.05) is 23.2 Å². The second-order valence-corrected chi connectivity index (χ2v) is 9.13. The van der Waals surface area contributed by atoms with Gasteiger partial charge in [-0.25, -0.2) is 13.1 Å². The van der Waals surface area contributed by atoms with E-state index in [0.717, 1.165) is 22.7 Å². The lowest BCUT2D eigenvalue weighted by molar-refractivity contribution is -0.131. The van der Waals surface area contributed by atoms with Crippen molar-refractivity contribution in [2.24, 2.45) is 5.92 Å². The maximum Gasteiger partial charge on any atom is 0.252 e. The third-order valence-corrected chi connectivity index (χ3v) is 5.66. The summed E-state index contributed by atoms with van der Waals surface area (Å²) in [6.45, 7) is 1.40. The molecule has 1 aliphatic rings. The lowest BCUT2D eigenvalue weighted by atomic mass is 9.98. The molecule has 25 heavy (non-hydrogen) atoms. The number of carbonyl (C=O) groups is 2. The summed E-state index contributed by atoms with van der Waals surface area (Å²) in [5, 5.41) is 2.66. The summed E-state index contributed by atoms with van der Waals surface area (Å²) in [4.78, 5) is 26.2. The average molecular weight is 479 g/mol. The lowest BCUT2D eigenvalue weighted by Crippen LogP contribution is -2.47. The van der Waals surface area contributed by atoms with Crippen molar-refractivity contribution < 1.29 is 18.0 Å². The van der Waals surface area contributed by atoms with Crippen LogP contribution in [0.15, 0.2) is 24.3 Å². The Labute approximate surface area is 161 Å². The number of benzene rings is 1. The van der Waals surface area contributed by atoms with E-state index in [4.69, 9.17) is 0 Å². The second-order valence-electron chi connectivity index (χ2n) is 6.13. The molecular formula is C16H22IN3O4S. The number of hydrogen-bond acceptors (Lipinski definition) is 4. The molecule has 138 valence electrons. The molecule has 0 radical (unpaired) electrons. The predicted molar refractivity (Wildman–Crippen MR) is 104 cm³/mol. The number of sulfonamides is 1. The van der Waals surface area contributed by atoms with Gasteiger partial charge in [-0.1, -0.05) is 12.1 Å². The van der Waals surface area contributed by atoms with Crippen molar-refractivity contribution in [2.75, 3.05) is 32.4 Å². The number of carbonyl (C=O) groups excluding carboxylic acids is 2. The Bertz CT molecular complexity index is 739. The molecule has 1 aromatic carbocycles. The van der Waals surface area contributed by atoms with Gasteiger partial charge in [-0.15, -0.1) is 0 Å². The number of amides is 2. The number of hydrogen-bond donors (Lipinski definition) is 2. The zero-order valence-electron chi connectivity index (χ0n) is 14.0. The number of halogens is 1. The van der Waals surface area contributed by atoms with Gasteiger partial charge < -0.3 is 10.2 Å². The molecule has 7 nitrogen and oxygen atoms in total. The van der Waals surface area contributed by atoms with Gasteiger partial charge >= 0.3 is 0 Å². The Morgan fingerprint density at radius 2 is 2.04 bits per heavy atom. The minimum atomic E-state index is -3.23. The van der Waals surface area contributed by atoms with E-state index in [-0.39, 0.29) is 24.3 Å². The minimum absolute atomic E-state index is 0.0595. The quantitative estimate of drug-likeness (QED) is 0.591. The van der Waals surface area contributed by atoms with Crippen molar-refractivity contribution in [1.29, 1.82) is 0 Å². The summed E-state index contributed by atoms with van der Waals surface area (Å²) in [6.07, 6.45) is 2.83. The zero-order valence-corrected chi connectivity index (χ0v) is 17.0. The van der Waals surface area contributed by atoms with Gasteiger partial charge in [0.2, 0.25) is 15.9 Å². The van der Waals surface area contributed by atoms with Crippen molar-refractivity contribution in [3.63, 3.8) is 0 Å². The largest absolute Gasteiger partial charge is 0.343 e. The fraction of sp³-hybridized carbons (Fsp3) is 0.500. The second kappa shape index (κ2) is 8.95. The van der Waals surface area contributed by atoms with E-state index < -0.39 is 10.0 Å². The smallest absolute Gasteiger partial charge is 0.252 e. The van der Waals surface area contributed by atoms with E-state index in [1.165, 1.54) is 0 Å². The first-order valence-corrected chi connectivity index (χ1v) is 11.0. The van der Waals surface area contributed by atoms with Crippen LogP contribution in [0.4, 0.5) is 0 Å². The van der Waals surface area contributed by atoms with Crippen LogP contribution < -0.4 is 10.0 Å². The fourth-order valence-electron chi connectivity index (χ4n) is 2.74. The summed E-state index contributed by atoms with van der Waals surface area (Å²) < 4.78 is 25.7. The van der Waals surface area contributed by atoms with Gasteiger partial charge in [-0.3, -0.25) is 9.59 Å². The monoisotopic (exact) mass is 479 g/mol. The first-order chi connectivity index (χ1) is 11.8. The molecular weight excluding hydrogens is 457 g/mol. The summed E-state index contributed by atoms with van der Waals surface area (Å²) in [5.74, 6) is -0.327. The van der Waals surface area contributed by atoms with Crippen molar-refractivity contribution in [2.45, 2.75) is 12.8 Å². The maximum absolute atomic E-state index is 12.3. The molecule has 9 heteroatoms. The highest BCUT2D eigenvalue weighted by atomic mass is 127. The van der Waals surface area contributed by atoms with E-state index in [1.54, 1.807) is 17.0 Å². The van der Waals surface area contributed by atoms with E-state index in [9.17, 15) is 18.0 Å². The Morgan fingerprint density at radius 1 is 1.32 bits per heavy atom. The fourth-order valence-corrected chi connectivity index (χ4v) is 3.91. The van der Waals surface area contributed by atoms with Crippen LogP contribution in [-0.2, 0) is 14.8 Å². The van der Waals surface area contributed by atoms with Gasteiger partial charge in [-0.2, -0.15) is 0 Å². The Morgan fingerprint density at radius 3 is 2.72 bits per heavy atom. The first kappa shape index (κ1) is 20.1. The summed E-state index contributed by atoms with van der Waals surface area (Å²) >= 11 is 2.08. The van der Waals surface area contributed by atoms with E-state index in [0.29, 0.717) is 25.2 Å². The van der Waals surface area contributed by atoms with Gasteiger partial charge in [0.05, 0.1) is 18.4 Å². The van der Waals surface area contributed by atoms with Gasteiger partial charge in [0.25, 0.3) is 5.91 Å². The highest BCUT2D eigenvalue weighted by molar-refractivity contribution is 14.1. The Balaban J connectivity index is 1.84. The summed E-state index contributed by atoms with van der Waals surface area (Å²) in [6, 6.07) is 7.18. The minimum Gasteiger partial charge on any atom is -0.343 e. The topological polar surface area (TPSA) is 95.6 Å². The molecule has 1 unspecified atom stereocenters. The molecule has 0 spiro atoms. The van der Waals surface area contributed by atoms with E-state index >= 15 is 0 Å². The number of likely N-dealkylation sites (tertiary alicyclic amines) is 1. The first-order valence-electron chi connectivity index (χ1n) is 8.01. The molecule has 1 fully saturated rings. The van der Waals surface area contributed by atoms with Gasteiger partial charge in [0.15, 0.2) is 0 Å². The van der Waals surface area contributed by atoms with Crippen LogP contribution in [0.3, 0.4) is 0 Å². The van der Waals surface area contributed by atoms with Crippen molar-refractivity contribution in [3.05, 3.63) is 33.4 Å². The molecule has 0 saturated carbocycles. The number of rotatable bonds is 6. The number of nitrogens with one attached hydrogen (secondary N) is 2. The molecule has 0 aliphatic carbocycles. The zero-order chi connectivity index (χ0) is 18.4. The normalized spacial score (nSPS) is 18.0. The van der Waals surface area contributed by atoms with E-state index in [2.05, 4.69) is 32.6 Å². The highest BCUT2D eigenvalue weighted by Gasteiger charge is 2.24. The Kier molecular flexibility index (Phi) is 7.20. The van der Waals surface area contributed by atoms with Gasteiger partial charge in [0.1, 0.15) is 0 Å². The van der Waals surface area contributed by atoms with Crippen LogP contribution in [0.1, 0.15) is 23.2 Å². The van der Waals surface area contributed by atoms with Crippen molar-refractivity contribution in [3.8, 4) is 0 Å². The van der Waals surface area contributed by atoms with Crippen LogP contribution >= 0.6 is 22.6 Å². The molecule has 1 saturated heterocycles. The third-order valence-electron chi connectivity index (χ3n) is 4.02. The molecule has 1 aromatic rings. The summed E-state index contributed by atoms with van der Waals surface area (Å²) in [7, 11) is -3.23. The van der Waals surface area contributed by atoms with E-state index in [1.807, 2.05) is 12.1 Å². The third kappa shape index (κ3) is 6.55. The van der Waals surface area contributed by atoms with Crippen LogP contribution in [0.25, 0.3) is 0 Å². The van der Waals surface area contributed by atoms with Gasteiger partial charge in [-0.05, 0) is 53.5 Å². The van der Waals surface area contributed by atoms with Crippen molar-refractivity contribution >= 4 is 44.4 Å². The highest BCUT2D eigenvalue weighted by Crippen LogP contribution is 2.16. The molecule has 2 rings (SSSR count). The standard InChI is InChI=1S/C16H22IN3O4S/c1-25(23,24)19-9-12-5-4-8-20(11-12)15(21)10-18-16(22)13-6-2-3-7-14(13)17/h2-3,6-7,12,19H,4-5,8-11H2,1H3,(H,18,22). The molecule has 2 amide bonds. The molecule has 0 bridgehead atoms. The van der Waals surface area contributed by atoms with Crippen LogP contribution in [-0.4, -0.2) is 57.6 Å². The van der Waals surface area contributed by atoms with Crippen LogP contribution in [0.5, 0.6) is 0 Å². The SMILES string of the molecule is CS(=O)(=O)NCC1CCCN(C(=O)CNC(=O)c2ccccc2I)C1. The average Bonchev–Trinajstić information content (AvgIpc) is 2.57. The molecule has 1 atom stereocenters. The Hall–Kier alpha value is -1.20. The molecule has 0 aromatic heterocycles. The molecule has 1 heterocycles. The predicted octanol–water partition coefficient (Wildman–Crippen LogP) is 0.809. The lowest BCUT2D eigenvalue weighted by Gasteiger charge is -2.32. The summed E-state index contributed by atoms with van der Waals surface area (Å²) in [5.41, 5.74) is 0.546. The van der Waals surface area contributed by atoms with Crippen LogP contribution in [0.2, 0.25) is 0 Å². The van der Waals surface area contributed by atoms with Crippen molar-refractivity contribution in [1.82, 2.24) is 14.9 Å². The number of piperidine rings is 1.